The van der Waals surface area contributed by atoms with Gasteiger partial charge in [-0.3, -0.25) is 9.97 Å². The van der Waals surface area contributed by atoms with Gasteiger partial charge in [0.05, 0.1) is 16.9 Å². The molecule has 2 N–H and O–H groups in total. The molecule has 2 rings (SSSR count). The van der Waals surface area contributed by atoms with Crippen LogP contribution in [0, 0.1) is 0 Å². The van der Waals surface area contributed by atoms with Gasteiger partial charge in [0.2, 0.25) is 5.96 Å². The number of hydrogen-bond acceptors (Lipinski definition) is 5. The topological polar surface area (TPSA) is 77.8 Å². The number of anilines is 2. The molecule has 1 heterocycles. The van der Waals surface area contributed by atoms with Gasteiger partial charge in [-0.15, -0.1) is 6.58 Å². The molecule has 2 aromatic rings. The van der Waals surface area contributed by atoms with E-state index in [-0.39, 0.29) is 0 Å². The molecule has 0 radical (unpaired) electrons. The summed E-state index contributed by atoms with van der Waals surface area (Å²) in [6.45, 7) is 7.41. The second kappa shape index (κ2) is 9.57. The fourth-order valence-corrected chi connectivity index (χ4v) is 2.68. The third kappa shape index (κ3) is 4.60. The maximum Gasteiger partial charge on any atom is 0.224 e. The number of hydrogen-bond donors (Lipinski definition) is 2. The molecule has 0 aliphatic heterocycles. The van der Waals surface area contributed by atoms with E-state index in [1.807, 2.05) is 29.7 Å². The summed E-state index contributed by atoms with van der Waals surface area (Å²) in [4.78, 5) is 17.5. The first kappa shape index (κ1) is 19.5. The van der Waals surface area contributed by atoms with Crippen molar-refractivity contribution in [2.24, 2.45) is 9.98 Å². The Bertz CT molecular complexity index is 845. The van der Waals surface area contributed by atoms with E-state index in [2.05, 4.69) is 43.7 Å². The fraction of sp³-hybridized carbons (Fsp3) is 0.222. The van der Waals surface area contributed by atoms with Gasteiger partial charge in [-0.2, -0.15) is 4.99 Å². The van der Waals surface area contributed by atoms with Gasteiger partial charge < -0.3 is 14.9 Å². The molecule has 1 aromatic heterocycles. The first-order chi connectivity index (χ1) is 12.6. The van der Waals surface area contributed by atoms with Crippen LogP contribution in [0.1, 0.15) is 6.42 Å². The molecule has 26 heavy (non-hydrogen) atoms. The second-order valence-electron chi connectivity index (χ2n) is 5.13. The van der Waals surface area contributed by atoms with Crippen LogP contribution in [0.25, 0.3) is 11.0 Å². The van der Waals surface area contributed by atoms with Crippen molar-refractivity contribution in [2.75, 3.05) is 30.0 Å². The van der Waals surface area contributed by atoms with Crippen molar-refractivity contribution in [3.8, 4) is 0 Å². The monoisotopic (exact) mass is 369 g/mol. The van der Waals surface area contributed by atoms with E-state index in [9.17, 15) is 0 Å². The Hall–Kier alpha value is -2.87. The number of nitrogens with one attached hydrogen (secondary N) is 2. The van der Waals surface area contributed by atoms with E-state index < -0.39 is 0 Å². The van der Waals surface area contributed by atoms with Gasteiger partial charge in [0, 0.05) is 45.4 Å². The normalized spacial score (nSPS) is 12.0. The van der Waals surface area contributed by atoms with Crippen LogP contribution in [-0.2, 0) is 0 Å². The van der Waals surface area contributed by atoms with Crippen molar-refractivity contribution in [1.29, 1.82) is 0 Å². The highest BCUT2D eigenvalue weighted by molar-refractivity contribution is 7.99. The Kier molecular flexibility index (Phi) is 7.16. The van der Waals surface area contributed by atoms with Crippen LogP contribution in [0.2, 0.25) is 0 Å². The lowest BCUT2D eigenvalue weighted by Crippen LogP contribution is -2.22. The highest BCUT2D eigenvalue weighted by Crippen LogP contribution is 2.34. The van der Waals surface area contributed by atoms with E-state index >= 15 is 0 Å². The summed E-state index contributed by atoms with van der Waals surface area (Å²) in [7, 11) is 3.75. The summed E-state index contributed by atoms with van der Waals surface area (Å²) in [6.07, 6.45) is 9.17. The molecular weight excluding hydrogens is 346 g/mol. The van der Waals surface area contributed by atoms with Crippen LogP contribution in [-0.4, -0.2) is 42.1 Å². The van der Waals surface area contributed by atoms with Gasteiger partial charge in [-0.25, -0.2) is 4.99 Å². The van der Waals surface area contributed by atoms with Crippen LogP contribution in [0.15, 0.2) is 59.9 Å². The van der Waals surface area contributed by atoms with Crippen molar-refractivity contribution in [3.63, 3.8) is 0 Å². The number of amidine groups is 1. The lowest BCUT2D eigenvalue weighted by atomic mass is 10.2. The van der Waals surface area contributed by atoms with Crippen LogP contribution in [0.4, 0.5) is 11.4 Å². The summed E-state index contributed by atoms with van der Waals surface area (Å²) in [5.41, 5.74) is 3.47. The van der Waals surface area contributed by atoms with Crippen molar-refractivity contribution >= 4 is 46.2 Å². The molecule has 0 amide bonds. The van der Waals surface area contributed by atoms with Crippen molar-refractivity contribution in [3.05, 3.63) is 50.0 Å². The molecule has 0 aliphatic carbocycles. The van der Waals surface area contributed by atoms with Gasteiger partial charge in [0.25, 0.3) is 0 Å². The van der Waals surface area contributed by atoms with E-state index in [1.54, 1.807) is 37.5 Å². The molecule has 8 heteroatoms. The number of benzene rings is 1. The van der Waals surface area contributed by atoms with Crippen LogP contribution in [0.5, 0.6) is 0 Å². The Labute approximate surface area is 158 Å². The zero-order valence-electron chi connectivity index (χ0n) is 15.2. The molecule has 0 saturated heterocycles. The average molecular weight is 369 g/mol. The van der Waals surface area contributed by atoms with E-state index in [4.69, 9.17) is 0 Å². The van der Waals surface area contributed by atoms with Crippen molar-refractivity contribution in [1.82, 2.24) is 15.3 Å². The standard InChI is InChI=1S/C18H23N7S/c1-6-8-15(24-18(19-3)20-7-2)23-14-10-9-13-16(22-12-11-21-13)17(14)25(4)26-5/h6-7,9-12H,1-2,8H2,3-5H3,(H2,19,20,23,24). The number of guanidine groups is 1. The summed E-state index contributed by atoms with van der Waals surface area (Å²) < 4.78 is 2.04. The molecule has 0 spiro atoms. The maximum absolute atomic E-state index is 4.52. The summed E-state index contributed by atoms with van der Waals surface area (Å²) >= 11 is 1.59. The minimum atomic E-state index is 0.463. The van der Waals surface area contributed by atoms with Gasteiger partial charge in [0.1, 0.15) is 11.4 Å². The molecule has 136 valence electrons. The Balaban J connectivity index is 2.53. The predicted octanol–water partition coefficient (Wildman–Crippen LogP) is 3.45. The quantitative estimate of drug-likeness (QED) is 0.351. The molecule has 1 aromatic carbocycles. The largest absolute Gasteiger partial charge is 0.357 e. The summed E-state index contributed by atoms with van der Waals surface area (Å²) in [5, 5.41) is 6.32. The molecule has 0 bridgehead atoms. The summed E-state index contributed by atoms with van der Waals surface area (Å²) in [6, 6.07) is 3.91. The predicted molar refractivity (Wildman–Crippen MR) is 114 cm³/mol. The van der Waals surface area contributed by atoms with Crippen LogP contribution < -0.4 is 14.9 Å². The average Bonchev–Trinajstić information content (AvgIpc) is 2.67. The second-order valence-corrected chi connectivity index (χ2v) is 6.04. The lowest BCUT2D eigenvalue weighted by Gasteiger charge is -2.22. The SMILES string of the molecule is C=CC/C(=N\C(=N/C=C)NC)Nc1ccc2nccnc2c1N(C)SC. The summed E-state index contributed by atoms with van der Waals surface area (Å²) in [5.74, 6) is 1.17. The van der Waals surface area contributed by atoms with E-state index in [0.29, 0.717) is 18.2 Å². The number of aliphatic imine (C=N–C) groups is 2. The van der Waals surface area contributed by atoms with Crippen LogP contribution in [0.3, 0.4) is 0 Å². The molecular formula is C18H23N7S. The molecule has 0 saturated carbocycles. The Morgan fingerprint density at radius 2 is 2.08 bits per heavy atom. The van der Waals surface area contributed by atoms with Gasteiger partial charge >= 0.3 is 0 Å². The van der Waals surface area contributed by atoms with Gasteiger partial charge in [-0.05, 0) is 12.1 Å². The number of aromatic nitrogens is 2. The Morgan fingerprint density at radius 3 is 2.73 bits per heavy atom. The van der Waals surface area contributed by atoms with Gasteiger partial charge in [-0.1, -0.05) is 24.6 Å². The number of nitrogens with zero attached hydrogens (tertiary/aromatic N) is 5. The highest BCUT2D eigenvalue weighted by Gasteiger charge is 2.15. The zero-order valence-corrected chi connectivity index (χ0v) is 16.0. The van der Waals surface area contributed by atoms with Crippen molar-refractivity contribution in [2.45, 2.75) is 6.42 Å². The molecule has 0 fully saturated rings. The molecule has 7 nitrogen and oxygen atoms in total. The Morgan fingerprint density at radius 1 is 1.31 bits per heavy atom. The fourth-order valence-electron chi connectivity index (χ4n) is 2.31. The first-order valence-corrected chi connectivity index (χ1v) is 9.16. The number of rotatable bonds is 6. The van der Waals surface area contributed by atoms with E-state index in [1.165, 1.54) is 6.20 Å². The minimum absolute atomic E-state index is 0.463. The van der Waals surface area contributed by atoms with Crippen LogP contribution >= 0.6 is 11.9 Å². The minimum Gasteiger partial charge on any atom is -0.357 e. The first-order valence-electron chi connectivity index (χ1n) is 7.98. The van der Waals surface area contributed by atoms with E-state index in [0.717, 1.165) is 22.4 Å². The maximum atomic E-state index is 4.52. The molecule has 0 aliphatic rings. The third-order valence-corrected chi connectivity index (χ3v) is 4.23. The lowest BCUT2D eigenvalue weighted by molar-refractivity contribution is 1.13. The molecule has 0 unspecified atom stereocenters. The van der Waals surface area contributed by atoms with Crippen molar-refractivity contribution < 1.29 is 0 Å². The van der Waals surface area contributed by atoms with Gasteiger partial charge in [0.15, 0.2) is 0 Å². The smallest absolute Gasteiger partial charge is 0.224 e. The zero-order chi connectivity index (χ0) is 18.9. The third-order valence-electron chi connectivity index (χ3n) is 3.50. The molecule has 0 atom stereocenters. The number of fused-ring (bicyclic) bond motifs is 1. The highest BCUT2D eigenvalue weighted by atomic mass is 32.2.